The smallest absolute Gasteiger partial charge is 0.333 e. The summed E-state index contributed by atoms with van der Waals surface area (Å²) >= 11 is 9.31. The Kier molecular flexibility index (Phi) is 3.16. The third-order valence-electron chi connectivity index (χ3n) is 2.12. The van der Waals surface area contributed by atoms with E-state index in [1.165, 1.54) is 0 Å². The highest BCUT2D eigenvalue weighted by Crippen LogP contribution is 2.29. The van der Waals surface area contributed by atoms with Crippen molar-refractivity contribution < 1.29 is 14.3 Å². The van der Waals surface area contributed by atoms with Gasteiger partial charge in [-0.25, -0.2) is 9.59 Å². The monoisotopic (exact) mass is 303 g/mol. The van der Waals surface area contributed by atoms with Gasteiger partial charge in [-0.3, -0.25) is 0 Å². The SMILES string of the molecule is O=C1CN(c2cc(Br)ccc2Cl)CC(=O)O1. The van der Waals surface area contributed by atoms with Crippen LogP contribution in [0.2, 0.25) is 5.02 Å². The number of esters is 2. The normalized spacial score (nSPS) is 16.2. The maximum Gasteiger partial charge on any atom is 0.333 e. The molecule has 0 atom stereocenters. The number of carbonyl (C=O) groups excluding carboxylic acids is 2. The molecule has 0 aliphatic carbocycles. The van der Waals surface area contributed by atoms with Crippen LogP contribution in [-0.4, -0.2) is 25.0 Å². The van der Waals surface area contributed by atoms with E-state index in [1.807, 2.05) is 0 Å². The third-order valence-corrected chi connectivity index (χ3v) is 2.93. The second-order valence-corrected chi connectivity index (χ2v) is 4.62. The van der Waals surface area contributed by atoms with E-state index in [2.05, 4.69) is 20.7 Å². The highest BCUT2D eigenvalue weighted by atomic mass is 79.9. The molecule has 4 nitrogen and oxygen atoms in total. The van der Waals surface area contributed by atoms with Crippen molar-refractivity contribution in [2.24, 2.45) is 0 Å². The summed E-state index contributed by atoms with van der Waals surface area (Å²) in [6.07, 6.45) is 0. The number of halogens is 2. The highest BCUT2D eigenvalue weighted by molar-refractivity contribution is 9.10. The van der Waals surface area contributed by atoms with Gasteiger partial charge in [0.25, 0.3) is 0 Å². The Morgan fingerprint density at radius 2 is 1.88 bits per heavy atom. The van der Waals surface area contributed by atoms with Crippen molar-refractivity contribution in [1.82, 2.24) is 0 Å². The lowest BCUT2D eigenvalue weighted by molar-refractivity contribution is -0.160. The zero-order valence-electron chi connectivity index (χ0n) is 8.07. The number of nitrogens with zero attached hydrogens (tertiary/aromatic N) is 1. The van der Waals surface area contributed by atoms with Crippen molar-refractivity contribution in [3.8, 4) is 0 Å². The third kappa shape index (κ3) is 2.36. The molecule has 0 unspecified atom stereocenters. The first kappa shape index (κ1) is 11.4. The van der Waals surface area contributed by atoms with Crippen LogP contribution in [0.3, 0.4) is 0 Å². The number of hydrogen-bond acceptors (Lipinski definition) is 4. The van der Waals surface area contributed by atoms with Gasteiger partial charge in [-0.05, 0) is 18.2 Å². The molecular weight excluding hydrogens is 297 g/mol. The van der Waals surface area contributed by atoms with Crippen LogP contribution in [0.1, 0.15) is 0 Å². The van der Waals surface area contributed by atoms with Gasteiger partial charge in [0.1, 0.15) is 13.1 Å². The molecule has 0 radical (unpaired) electrons. The van der Waals surface area contributed by atoms with E-state index >= 15 is 0 Å². The molecule has 0 bridgehead atoms. The summed E-state index contributed by atoms with van der Waals surface area (Å²) < 4.78 is 5.27. The summed E-state index contributed by atoms with van der Waals surface area (Å²) in [6, 6.07) is 5.25. The summed E-state index contributed by atoms with van der Waals surface area (Å²) in [5.41, 5.74) is 0.640. The topological polar surface area (TPSA) is 46.6 Å². The van der Waals surface area contributed by atoms with Gasteiger partial charge in [-0.2, -0.15) is 0 Å². The molecule has 0 spiro atoms. The molecule has 1 aliphatic heterocycles. The number of rotatable bonds is 1. The van der Waals surface area contributed by atoms with Crippen molar-refractivity contribution in [2.45, 2.75) is 0 Å². The number of ether oxygens (including phenoxy) is 1. The Bertz CT molecular complexity index is 447. The predicted molar refractivity (Wildman–Crippen MR) is 62.5 cm³/mol. The number of morpholine rings is 1. The van der Waals surface area contributed by atoms with E-state index in [0.29, 0.717) is 10.7 Å². The highest BCUT2D eigenvalue weighted by Gasteiger charge is 2.26. The molecule has 1 saturated heterocycles. The van der Waals surface area contributed by atoms with Crippen molar-refractivity contribution in [2.75, 3.05) is 18.0 Å². The number of cyclic esters (lactones) is 2. The fourth-order valence-corrected chi connectivity index (χ4v) is 2.04. The van der Waals surface area contributed by atoms with Gasteiger partial charge in [0, 0.05) is 4.47 Å². The molecule has 16 heavy (non-hydrogen) atoms. The standard InChI is InChI=1S/C10H7BrClNO3/c11-6-1-2-7(12)8(3-6)13-4-9(14)16-10(15)5-13/h1-3H,4-5H2. The summed E-state index contributed by atoms with van der Waals surface area (Å²) in [4.78, 5) is 23.8. The lowest BCUT2D eigenvalue weighted by Crippen LogP contribution is -2.43. The first-order valence-corrected chi connectivity index (χ1v) is 5.67. The predicted octanol–water partition coefficient (Wildman–Crippen LogP) is 1.99. The van der Waals surface area contributed by atoms with Gasteiger partial charge >= 0.3 is 11.9 Å². The van der Waals surface area contributed by atoms with Crippen LogP contribution in [0, 0.1) is 0 Å². The van der Waals surface area contributed by atoms with E-state index in [4.69, 9.17) is 11.6 Å². The fraction of sp³-hybridized carbons (Fsp3) is 0.200. The van der Waals surface area contributed by atoms with Gasteiger partial charge in [0.05, 0.1) is 10.7 Å². The van der Waals surface area contributed by atoms with Crippen LogP contribution in [0.4, 0.5) is 5.69 Å². The molecule has 1 aromatic carbocycles. The average Bonchev–Trinajstić information content (AvgIpc) is 2.20. The Labute approximate surface area is 105 Å². The lowest BCUT2D eigenvalue weighted by Gasteiger charge is -2.27. The van der Waals surface area contributed by atoms with Crippen LogP contribution in [-0.2, 0) is 14.3 Å². The van der Waals surface area contributed by atoms with E-state index in [-0.39, 0.29) is 13.1 Å². The second kappa shape index (κ2) is 4.43. The molecule has 84 valence electrons. The van der Waals surface area contributed by atoms with E-state index < -0.39 is 11.9 Å². The fourth-order valence-electron chi connectivity index (χ4n) is 1.46. The van der Waals surface area contributed by atoms with Crippen LogP contribution in [0.15, 0.2) is 22.7 Å². The number of anilines is 1. The second-order valence-electron chi connectivity index (χ2n) is 3.30. The molecule has 1 aliphatic rings. The van der Waals surface area contributed by atoms with Gasteiger partial charge in [0.15, 0.2) is 0 Å². The molecule has 1 heterocycles. The first-order valence-electron chi connectivity index (χ1n) is 4.50. The Hall–Kier alpha value is -1.07. The van der Waals surface area contributed by atoms with Gasteiger partial charge < -0.3 is 9.64 Å². The first-order chi connectivity index (χ1) is 7.56. The number of hydrogen-bond donors (Lipinski definition) is 0. The number of carbonyl (C=O) groups is 2. The van der Waals surface area contributed by atoms with Crippen molar-refractivity contribution in [3.05, 3.63) is 27.7 Å². The maximum absolute atomic E-state index is 11.1. The van der Waals surface area contributed by atoms with Gasteiger partial charge in [0.2, 0.25) is 0 Å². The molecule has 1 aromatic rings. The Balaban J connectivity index is 2.32. The van der Waals surface area contributed by atoms with Crippen LogP contribution in [0.25, 0.3) is 0 Å². The summed E-state index contributed by atoms with van der Waals surface area (Å²) in [5.74, 6) is -1.13. The van der Waals surface area contributed by atoms with Crippen molar-refractivity contribution >= 4 is 45.2 Å². The molecule has 2 rings (SSSR count). The van der Waals surface area contributed by atoms with Crippen molar-refractivity contribution in [3.63, 3.8) is 0 Å². The number of benzene rings is 1. The molecule has 0 amide bonds. The molecule has 6 heteroatoms. The minimum Gasteiger partial charge on any atom is -0.390 e. The molecule has 0 saturated carbocycles. The molecule has 0 aromatic heterocycles. The molecule has 0 N–H and O–H groups in total. The van der Waals surface area contributed by atoms with Crippen LogP contribution in [0.5, 0.6) is 0 Å². The van der Waals surface area contributed by atoms with Gasteiger partial charge in [-0.15, -0.1) is 0 Å². The van der Waals surface area contributed by atoms with Crippen LogP contribution >= 0.6 is 27.5 Å². The molecule has 1 fully saturated rings. The summed E-state index contributed by atoms with van der Waals surface area (Å²) in [5, 5.41) is 0.491. The van der Waals surface area contributed by atoms with E-state index in [1.54, 1.807) is 23.1 Å². The minimum atomic E-state index is -0.563. The largest absolute Gasteiger partial charge is 0.390 e. The minimum absolute atomic E-state index is 0.0297. The quantitative estimate of drug-likeness (QED) is 0.588. The Morgan fingerprint density at radius 3 is 2.50 bits per heavy atom. The zero-order valence-corrected chi connectivity index (χ0v) is 10.4. The zero-order chi connectivity index (χ0) is 11.7. The Morgan fingerprint density at radius 1 is 1.25 bits per heavy atom. The summed E-state index contributed by atoms with van der Waals surface area (Å²) in [7, 11) is 0. The maximum atomic E-state index is 11.1. The van der Waals surface area contributed by atoms with Crippen LogP contribution < -0.4 is 4.90 Å². The van der Waals surface area contributed by atoms with Gasteiger partial charge in [-0.1, -0.05) is 27.5 Å². The van der Waals surface area contributed by atoms with E-state index in [0.717, 1.165) is 4.47 Å². The van der Waals surface area contributed by atoms with E-state index in [9.17, 15) is 9.59 Å². The van der Waals surface area contributed by atoms with Crippen molar-refractivity contribution in [1.29, 1.82) is 0 Å². The summed E-state index contributed by atoms with van der Waals surface area (Å²) in [6.45, 7) is 0.0594. The molecular formula is C10H7BrClNO3. The average molecular weight is 305 g/mol. The lowest BCUT2D eigenvalue weighted by atomic mass is 10.2.